The Labute approximate surface area is 175 Å². The van der Waals surface area contributed by atoms with Gasteiger partial charge in [-0.15, -0.1) is 0 Å². The van der Waals surface area contributed by atoms with Crippen LogP contribution in [0.1, 0.15) is 38.8 Å². The SMILES string of the molecule is COC(=O)C=Cc1cc(C[C@H](NC(=O)OC(C)(C)C)C(=O)OC)ccc1OC(C)=O. The Hall–Kier alpha value is -3.36. The van der Waals surface area contributed by atoms with Crippen molar-refractivity contribution in [1.82, 2.24) is 5.32 Å². The second-order valence-electron chi connectivity index (χ2n) is 7.25. The van der Waals surface area contributed by atoms with Crippen LogP contribution in [-0.4, -0.2) is 49.9 Å². The molecule has 1 rings (SSSR count). The van der Waals surface area contributed by atoms with E-state index in [0.717, 1.165) is 0 Å². The fourth-order valence-electron chi connectivity index (χ4n) is 2.35. The second-order valence-corrected chi connectivity index (χ2v) is 7.25. The van der Waals surface area contributed by atoms with Crippen LogP contribution in [0.25, 0.3) is 6.08 Å². The van der Waals surface area contributed by atoms with E-state index < -0.39 is 35.6 Å². The Morgan fingerprint density at radius 1 is 1.10 bits per heavy atom. The first-order valence-electron chi connectivity index (χ1n) is 9.10. The van der Waals surface area contributed by atoms with Gasteiger partial charge in [-0.05, 0) is 44.5 Å². The molecule has 0 aliphatic heterocycles. The highest BCUT2D eigenvalue weighted by atomic mass is 16.6. The van der Waals surface area contributed by atoms with Crippen LogP contribution in [0.2, 0.25) is 0 Å². The second kappa shape index (κ2) is 11.0. The van der Waals surface area contributed by atoms with Crippen LogP contribution >= 0.6 is 0 Å². The summed E-state index contributed by atoms with van der Waals surface area (Å²) in [6.45, 7) is 6.36. The lowest BCUT2D eigenvalue weighted by atomic mass is 10.0. The first-order chi connectivity index (χ1) is 13.9. The Balaban J connectivity index is 3.15. The first-order valence-corrected chi connectivity index (χ1v) is 9.10. The number of methoxy groups -OCH3 is 2. The van der Waals surface area contributed by atoms with Crippen molar-refractivity contribution in [2.24, 2.45) is 0 Å². The summed E-state index contributed by atoms with van der Waals surface area (Å²) in [7, 11) is 2.44. The first kappa shape index (κ1) is 24.7. The van der Waals surface area contributed by atoms with Gasteiger partial charge in [0.25, 0.3) is 0 Å². The van der Waals surface area contributed by atoms with Crippen molar-refractivity contribution in [2.75, 3.05) is 14.2 Å². The summed E-state index contributed by atoms with van der Waals surface area (Å²) < 4.78 is 19.6. The minimum atomic E-state index is -1.01. The van der Waals surface area contributed by atoms with Crippen molar-refractivity contribution in [3.05, 3.63) is 35.4 Å². The highest BCUT2D eigenvalue weighted by Gasteiger charge is 2.25. The van der Waals surface area contributed by atoms with E-state index >= 15 is 0 Å². The van der Waals surface area contributed by atoms with Gasteiger partial charge in [0.1, 0.15) is 17.4 Å². The summed E-state index contributed by atoms with van der Waals surface area (Å²) in [5.41, 5.74) is 0.290. The van der Waals surface area contributed by atoms with Crippen LogP contribution in [0.15, 0.2) is 24.3 Å². The van der Waals surface area contributed by atoms with Gasteiger partial charge >= 0.3 is 24.0 Å². The number of hydrogen-bond acceptors (Lipinski definition) is 8. The van der Waals surface area contributed by atoms with E-state index in [1.165, 1.54) is 39.4 Å². The molecule has 0 aliphatic carbocycles. The molecule has 1 N–H and O–H groups in total. The van der Waals surface area contributed by atoms with Crippen molar-refractivity contribution >= 4 is 30.1 Å². The standard InChI is InChI=1S/C21H27NO8/c1-13(23)29-17-9-7-14(11-15(17)8-10-18(24)27-5)12-16(19(25)28-6)22-20(26)30-21(2,3)4/h7-11,16H,12H2,1-6H3,(H,22,26)/t16-/m0/s1. The molecular weight excluding hydrogens is 394 g/mol. The fraction of sp³-hybridized carbons (Fsp3) is 0.429. The zero-order chi connectivity index (χ0) is 22.9. The molecule has 1 aromatic rings. The molecule has 9 heteroatoms. The lowest BCUT2D eigenvalue weighted by molar-refractivity contribution is -0.143. The molecule has 1 atom stereocenters. The number of alkyl carbamates (subject to hydrolysis) is 1. The summed E-state index contributed by atoms with van der Waals surface area (Å²) in [6, 6.07) is 3.75. The minimum absolute atomic E-state index is 0.0747. The summed E-state index contributed by atoms with van der Waals surface area (Å²) >= 11 is 0. The van der Waals surface area contributed by atoms with Gasteiger partial charge in [0.05, 0.1) is 14.2 Å². The topological polar surface area (TPSA) is 117 Å². The number of amides is 1. The van der Waals surface area contributed by atoms with E-state index in [4.69, 9.17) is 14.2 Å². The smallest absolute Gasteiger partial charge is 0.408 e. The van der Waals surface area contributed by atoms with Gasteiger partial charge < -0.3 is 24.3 Å². The van der Waals surface area contributed by atoms with Crippen LogP contribution < -0.4 is 10.1 Å². The highest BCUT2D eigenvalue weighted by Crippen LogP contribution is 2.23. The largest absolute Gasteiger partial charge is 0.467 e. The maximum absolute atomic E-state index is 12.1. The van der Waals surface area contributed by atoms with E-state index in [-0.39, 0.29) is 12.2 Å². The van der Waals surface area contributed by atoms with Crippen molar-refractivity contribution in [3.63, 3.8) is 0 Å². The number of carbonyl (C=O) groups is 4. The molecule has 164 valence electrons. The Bertz CT molecular complexity index is 823. The van der Waals surface area contributed by atoms with Crippen LogP contribution in [0, 0.1) is 0 Å². The Morgan fingerprint density at radius 3 is 2.30 bits per heavy atom. The van der Waals surface area contributed by atoms with Crippen molar-refractivity contribution in [1.29, 1.82) is 0 Å². The third-order valence-electron chi connectivity index (χ3n) is 3.54. The molecule has 0 bridgehead atoms. The Kier molecular flexibility index (Phi) is 9.04. The molecule has 0 saturated heterocycles. The van der Waals surface area contributed by atoms with Crippen LogP contribution in [-0.2, 0) is 35.0 Å². The third kappa shape index (κ3) is 8.76. The maximum atomic E-state index is 12.1. The summed E-state index contributed by atoms with van der Waals surface area (Å²) in [5.74, 6) is -1.56. The van der Waals surface area contributed by atoms with Crippen molar-refractivity contribution in [2.45, 2.75) is 45.8 Å². The van der Waals surface area contributed by atoms with Gasteiger partial charge in [-0.1, -0.05) is 6.07 Å². The average Bonchev–Trinajstić information content (AvgIpc) is 2.64. The van der Waals surface area contributed by atoms with Crippen LogP contribution in [0.4, 0.5) is 4.79 Å². The number of ether oxygens (including phenoxy) is 4. The average molecular weight is 421 g/mol. The summed E-state index contributed by atoms with van der Waals surface area (Å²) in [6.07, 6.45) is 1.90. The molecule has 0 saturated carbocycles. The Morgan fingerprint density at radius 2 is 1.77 bits per heavy atom. The third-order valence-corrected chi connectivity index (χ3v) is 3.54. The molecule has 0 heterocycles. The zero-order valence-corrected chi connectivity index (χ0v) is 17.9. The van der Waals surface area contributed by atoms with E-state index in [1.54, 1.807) is 32.9 Å². The quantitative estimate of drug-likeness (QED) is 0.309. The monoisotopic (exact) mass is 421 g/mol. The number of carbonyl (C=O) groups excluding carboxylic acids is 4. The molecule has 0 radical (unpaired) electrons. The number of nitrogens with one attached hydrogen (secondary N) is 1. The van der Waals surface area contributed by atoms with E-state index in [9.17, 15) is 19.2 Å². The number of benzene rings is 1. The minimum Gasteiger partial charge on any atom is -0.467 e. The molecular formula is C21H27NO8. The maximum Gasteiger partial charge on any atom is 0.408 e. The molecule has 0 unspecified atom stereocenters. The molecule has 0 spiro atoms. The molecule has 0 fully saturated rings. The highest BCUT2D eigenvalue weighted by molar-refractivity contribution is 5.88. The van der Waals surface area contributed by atoms with Gasteiger partial charge in [-0.3, -0.25) is 4.79 Å². The zero-order valence-electron chi connectivity index (χ0n) is 17.9. The predicted octanol–water partition coefficient (Wildman–Crippen LogP) is 2.41. The van der Waals surface area contributed by atoms with Crippen LogP contribution in [0.3, 0.4) is 0 Å². The number of hydrogen-bond donors (Lipinski definition) is 1. The van der Waals surface area contributed by atoms with E-state index in [2.05, 4.69) is 10.1 Å². The lowest BCUT2D eigenvalue weighted by Crippen LogP contribution is -2.45. The lowest BCUT2D eigenvalue weighted by Gasteiger charge is -2.22. The van der Waals surface area contributed by atoms with Gasteiger partial charge in [0.15, 0.2) is 0 Å². The van der Waals surface area contributed by atoms with E-state index in [1.807, 2.05) is 0 Å². The number of esters is 3. The van der Waals surface area contributed by atoms with Gasteiger partial charge in [-0.25, -0.2) is 14.4 Å². The van der Waals surface area contributed by atoms with Gasteiger partial charge in [-0.2, -0.15) is 0 Å². The summed E-state index contributed by atoms with van der Waals surface area (Å²) in [4.78, 5) is 46.9. The molecule has 9 nitrogen and oxygen atoms in total. The molecule has 1 aromatic carbocycles. The number of rotatable bonds is 7. The molecule has 0 aliphatic rings. The van der Waals surface area contributed by atoms with Crippen molar-refractivity contribution < 1.29 is 38.1 Å². The predicted molar refractivity (Wildman–Crippen MR) is 108 cm³/mol. The van der Waals surface area contributed by atoms with Gasteiger partial charge in [0.2, 0.25) is 0 Å². The summed E-state index contributed by atoms with van der Waals surface area (Å²) in [5, 5.41) is 2.49. The molecule has 1 amide bonds. The molecule has 30 heavy (non-hydrogen) atoms. The fourth-order valence-corrected chi connectivity index (χ4v) is 2.35. The normalized spacial score (nSPS) is 12.1. The van der Waals surface area contributed by atoms with Gasteiger partial charge in [0, 0.05) is 25.0 Å². The van der Waals surface area contributed by atoms with E-state index in [0.29, 0.717) is 11.1 Å². The van der Waals surface area contributed by atoms with Crippen molar-refractivity contribution in [3.8, 4) is 5.75 Å². The molecule has 0 aromatic heterocycles. The van der Waals surface area contributed by atoms with Crippen LogP contribution in [0.5, 0.6) is 5.75 Å².